The molecule has 2 aliphatic rings. The van der Waals surface area contributed by atoms with E-state index in [1.54, 1.807) is 0 Å². The second-order valence-corrected chi connectivity index (χ2v) is 5.88. The number of likely N-dealkylation sites (tertiary alicyclic amines) is 1. The minimum absolute atomic E-state index is 0.00458. The lowest BCUT2D eigenvalue weighted by atomic mass is 10.1. The lowest BCUT2D eigenvalue weighted by molar-refractivity contribution is -0.131. The van der Waals surface area contributed by atoms with Crippen molar-refractivity contribution in [3.05, 3.63) is 23.4 Å². The molecule has 2 heterocycles. The zero-order valence-electron chi connectivity index (χ0n) is 12.5. The summed E-state index contributed by atoms with van der Waals surface area (Å²) in [5, 5.41) is 0. The van der Waals surface area contributed by atoms with Gasteiger partial charge in [-0.1, -0.05) is 25.0 Å². The van der Waals surface area contributed by atoms with E-state index in [0.29, 0.717) is 0 Å². The molecule has 3 heteroatoms. The molecule has 1 atom stereocenters. The molecule has 0 aromatic heterocycles. The maximum absolute atomic E-state index is 12.4. The van der Waals surface area contributed by atoms with E-state index < -0.39 is 0 Å². The third kappa shape index (κ3) is 3.69. The number of nitrogens with zero attached hydrogens (tertiary/aromatic N) is 2. The van der Waals surface area contributed by atoms with Crippen molar-refractivity contribution < 1.29 is 4.79 Å². The number of rotatable bonds is 3. The van der Waals surface area contributed by atoms with Crippen LogP contribution in [0.4, 0.5) is 0 Å². The number of hydrogen-bond donors (Lipinski definition) is 0. The molecule has 0 saturated carbocycles. The number of piperidine rings is 1. The number of carbonyl (C=O) groups excluding carboxylic acids is 1. The predicted octanol–water partition coefficient (Wildman–Crippen LogP) is 2.80. The smallest absolute Gasteiger partial charge is 0.233 e. The zero-order valence-corrected chi connectivity index (χ0v) is 12.5. The van der Waals surface area contributed by atoms with Gasteiger partial charge < -0.3 is 9.80 Å². The van der Waals surface area contributed by atoms with Crippen LogP contribution in [0.25, 0.3) is 0 Å². The van der Waals surface area contributed by atoms with Crippen LogP contribution in [-0.2, 0) is 4.79 Å². The fraction of sp³-hybridized carbons (Fsp3) is 0.688. The van der Waals surface area contributed by atoms with Crippen LogP contribution in [-0.4, -0.2) is 41.9 Å². The Kier molecular flexibility index (Phi) is 4.81. The van der Waals surface area contributed by atoms with Crippen molar-refractivity contribution in [1.29, 1.82) is 0 Å². The van der Waals surface area contributed by atoms with Gasteiger partial charge in [0.05, 0.1) is 5.92 Å². The Labute approximate surface area is 117 Å². The van der Waals surface area contributed by atoms with Gasteiger partial charge in [-0.2, -0.15) is 0 Å². The minimum atomic E-state index is -0.00458. The second-order valence-electron chi connectivity index (χ2n) is 5.88. The van der Waals surface area contributed by atoms with E-state index in [-0.39, 0.29) is 11.8 Å². The van der Waals surface area contributed by atoms with Gasteiger partial charge in [-0.05, 0) is 45.9 Å². The van der Waals surface area contributed by atoms with Crippen molar-refractivity contribution >= 4 is 5.91 Å². The minimum Gasteiger partial charge on any atom is -0.315 e. The van der Waals surface area contributed by atoms with E-state index in [0.717, 1.165) is 18.8 Å². The van der Waals surface area contributed by atoms with Crippen LogP contribution in [0, 0.1) is 5.92 Å². The summed E-state index contributed by atoms with van der Waals surface area (Å²) in [6.07, 6.45) is 8.15. The van der Waals surface area contributed by atoms with Crippen LogP contribution in [0.2, 0.25) is 0 Å². The molecular formula is C16H26N2O. The fourth-order valence-electron chi connectivity index (χ4n) is 3.05. The third-order valence-corrected chi connectivity index (χ3v) is 4.12. The van der Waals surface area contributed by atoms with Crippen LogP contribution in [0.5, 0.6) is 0 Å². The molecule has 0 spiro atoms. The van der Waals surface area contributed by atoms with Crippen molar-refractivity contribution in [3.63, 3.8) is 0 Å². The molecule has 3 nitrogen and oxygen atoms in total. The predicted molar refractivity (Wildman–Crippen MR) is 78.7 cm³/mol. The first kappa shape index (κ1) is 14.3. The van der Waals surface area contributed by atoms with Gasteiger partial charge in [-0.3, -0.25) is 4.79 Å². The number of allylic oxidation sites excluding steroid dienone is 3. The summed E-state index contributed by atoms with van der Waals surface area (Å²) in [4.78, 5) is 16.8. The summed E-state index contributed by atoms with van der Waals surface area (Å²) in [6.45, 7) is 10.3. The van der Waals surface area contributed by atoms with Gasteiger partial charge in [-0.15, -0.1) is 0 Å². The Bertz CT molecular complexity index is 392. The van der Waals surface area contributed by atoms with Gasteiger partial charge in [0.15, 0.2) is 0 Å². The van der Waals surface area contributed by atoms with Crippen LogP contribution in [0.3, 0.4) is 0 Å². The van der Waals surface area contributed by atoms with Gasteiger partial charge in [0.25, 0.3) is 0 Å². The van der Waals surface area contributed by atoms with Gasteiger partial charge in [0.2, 0.25) is 5.91 Å². The number of hydrogen-bond acceptors (Lipinski definition) is 2. The highest BCUT2D eigenvalue weighted by molar-refractivity contribution is 5.82. The van der Waals surface area contributed by atoms with Crippen LogP contribution < -0.4 is 0 Å². The van der Waals surface area contributed by atoms with E-state index in [9.17, 15) is 4.79 Å². The Morgan fingerprint density at radius 1 is 1.16 bits per heavy atom. The maximum atomic E-state index is 12.4. The largest absolute Gasteiger partial charge is 0.315 e. The first-order chi connectivity index (χ1) is 9.08. The normalized spacial score (nSPS) is 25.9. The average molecular weight is 262 g/mol. The van der Waals surface area contributed by atoms with Gasteiger partial charge in [0.1, 0.15) is 0 Å². The molecule has 2 rings (SSSR count). The van der Waals surface area contributed by atoms with E-state index in [1.165, 1.54) is 37.9 Å². The number of carbonyl (C=O) groups is 1. The molecule has 0 aliphatic carbocycles. The molecule has 1 saturated heterocycles. The summed E-state index contributed by atoms with van der Waals surface area (Å²) in [6, 6.07) is 0. The van der Waals surface area contributed by atoms with Gasteiger partial charge in [-0.25, -0.2) is 0 Å². The van der Waals surface area contributed by atoms with E-state index >= 15 is 0 Å². The van der Waals surface area contributed by atoms with Gasteiger partial charge >= 0.3 is 0 Å². The highest BCUT2D eigenvalue weighted by Gasteiger charge is 2.23. The Morgan fingerprint density at radius 3 is 2.53 bits per heavy atom. The fourth-order valence-corrected chi connectivity index (χ4v) is 3.05. The Balaban J connectivity index is 1.97. The summed E-state index contributed by atoms with van der Waals surface area (Å²) in [5.74, 6) is 0.234. The Morgan fingerprint density at radius 2 is 1.84 bits per heavy atom. The molecule has 106 valence electrons. The molecular weight excluding hydrogens is 236 g/mol. The summed E-state index contributed by atoms with van der Waals surface area (Å²) in [5.41, 5.74) is 2.28. The SMILES string of the molecule is CC1=C[C@H](C)C(=O)N(CCN2CCCCC2)C(C)=C1. The quantitative estimate of drug-likeness (QED) is 0.781. The molecule has 0 aromatic carbocycles. The topological polar surface area (TPSA) is 23.6 Å². The van der Waals surface area contributed by atoms with Gasteiger partial charge in [0, 0.05) is 18.8 Å². The standard InChI is InChI=1S/C16H26N2O/c1-13-11-14(2)16(19)18(15(3)12-13)10-9-17-7-5-4-6-8-17/h11-12,14H,4-10H2,1-3H3/t14-/m0/s1. The van der Waals surface area contributed by atoms with E-state index in [2.05, 4.69) is 24.0 Å². The molecule has 0 radical (unpaired) electrons. The molecule has 1 amide bonds. The molecule has 0 N–H and O–H groups in total. The second kappa shape index (κ2) is 6.38. The van der Waals surface area contributed by atoms with Crippen LogP contribution in [0.1, 0.15) is 40.0 Å². The summed E-state index contributed by atoms with van der Waals surface area (Å²) in [7, 11) is 0. The van der Waals surface area contributed by atoms with E-state index in [1.807, 2.05) is 18.7 Å². The van der Waals surface area contributed by atoms with Crippen molar-refractivity contribution in [2.24, 2.45) is 5.92 Å². The molecule has 2 aliphatic heterocycles. The van der Waals surface area contributed by atoms with Crippen LogP contribution >= 0.6 is 0 Å². The van der Waals surface area contributed by atoms with Crippen molar-refractivity contribution in [3.8, 4) is 0 Å². The maximum Gasteiger partial charge on any atom is 0.233 e. The first-order valence-corrected chi connectivity index (χ1v) is 7.48. The third-order valence-electron chi connectivity index (χ3n) is 4.12. The van der Waals surface area contributed by atoms with Crippen molar-refractivity contribution in [2.75, 3.05) is 26.2 Å². The van der Waals surface area contributed by atoms with E-state index in [4.69, 9.17) is 0 Å². The number of amides is 1. The van der Waals surface area contributed by atoms with Crippen LogP contribution in [0.15, 0.2) is 23.4 Å². The summed E-state index contributed by atoms with van der Waals surface area (Å²) < 4.78 is 0. The summed E-state index contributed by atoms with van der Waals surface area (Å²) >= 11 is 0. The molecule has 0 aromatic rings. The lowest BCUT2D eigenvalue weighted by Gasteiger charge is -2.30. The monoisotopic (exact) mass is 262 g/mol. The highest BCUT2D eigenvalue weighted by atomic mass is 16.2. The molecule has 1 fully saturated rings. The first-order valence-electron chi connectivity index (χ1n) is 7.48. The molecule has 0 unspecified atom stereocenters. The molecule has 19 heavy (non-hydrogen) atoms. The van der Waals surface area contributed by atoms with Crippen molar-refractivity contribution in [2.45, 2.75) is 40.0 Å². The average Bonchev–Trinajstić information content (AvgIpc) is 2.47. The zero-order chi connectivity index (χ0) is 13.8. The highest BCUT2D eigenvalue weighted by Crippen LogP contribution is 2.19. The van der Waals surface area contributed by atoms with Crippen molar-refractivity contribution in [1.82, 2.24) is 9.80 Å². The Hall–Kier alpha value is -1.09. The lowest BCUT2D eigenvalue weighted by Crippen LogP contribution is -2.40. The molecule has 0 bridgehead atoms.